The fourth-order valence-corrected chi connectivity index (χ4v) is 3.08. The Morgan fingerprint density at radius 1 is 1.41 bits per heavy atom. The zero-order valence-electron chi connectivity index (χ0n) is 10.7. The Bertz CT molecular complexity index is 376. The minimum absolute atomic E-state index is 0.587. The minimum atomic E-state index is 0.587. The normalized spacial score (nSPS) is 16.5. The number of thioether (sulfide) groups is 1. The van der Waals surface area contributed by atoms with Crippen LogP contribution in [0.1, 0.15) is 19.4 Å². The summed E-state index contributed by atoms with van der Waals surface area (Å²) in [5.74, 6) is 2.41. The standard InChI is InChI=1S/C14H22N2S/c1-10(2)12(9-15)7-11-3-4-14-13(8-11)16-5-6-17-14/h3-4,8,10,12,16H,5-7,9,15H2,1-2H3. The van der Waals surface area contributed by atoms with Gasteiger partial charge in [0.2, 0.25) is 0 Å². The first-order valence-corrected chi connectivity index (χ1v) is 7.39. The quantitative estimate of drug-likeness (QED) is 0.863. The van der Waals surface area contributed by atoms with E-state index >= 15 is 0 Å². The van der Waals surface area contributed by atoms with Gasteiger partial charge in [0.1, 0.15) is 0 Å². The van der Waals surface area contributed by atoms with Crippen molar-refractivity contribution in [2.75, 3.05) is 24.2 Å². The monoisotopic (exact) mass is 250 g/mol. The summed E-state index contributed by atoms with van der Waals surface area (Å²) in [4.78, 5) is 1.38. The number of hydrogen-bond acceptors (Lipinski definition) is 3. The van der Waals surface area contributed by atoms with Gasteiger partial charge in [-0.15, -0.1) is 11.8 Å². The minimum Gasteiger partial charge on any atom is -0.383 e. The van der Waals surface area contributed by atoms with E-state index < -0.39 is 0 Å². The molecule has 1 atom stereocenters. The largest absolute Gasteiger partial charge is 0.383 e. The molecule has 0 aliphatic carbocycles. The highest BCUT2D eigenvalue weighted by Gasteiger charge is 2.14. The van der Waals surface area contributed by atoms with Crippen LogP contribution in [0.15, 0.2) is 23.1 Å². The Labute approximate surface area is 108 Å². The smallest absolute Gasteiger partial charge is 0.0481 e. The van der Waals surface area contributed by atoms with Gasteiger partial charge in [0.25, 0.3) is 0 Å². The molecule has 0 saturated heterocycles. The van der Waals surface area contributed by atoms with Crippen LogP contribution in [-0.4, -0.2) is 18.8 Å². The van der Waals surface area contributed by atoms with Crippen molar-refractivity contribution in [3.05, 3.63) is 23.8 Å². The Morgan fingerprint density at radius 2 is 2.24 bits per heavy atom. The fraction of sp³-hybridized carbons (Fsp3) is 0.571. The average Bonchev–Trinajstić information content (AvgIpc) is 2.35. The van der Waals surface area contributed by atoms with E-state index in [1.54, 1.807) is 0 Å². The van der Waals surface area contributed by atoms with Crippen LogP contribution < -0.4 is 11.1 Å². The molecule has 3 heteroatoms. The predicted octanol–water partition coefficient (Wildman–Crippen LogP) is 2.98. The van der Waals surface area contributed by atoms with Crippen molar-refractivity contribution >= 4 is 17.4 Å². The zero-order chi connectivity index (χ0) is 12.3. The summed E-state index contributed by atoms with van der Waals surface area (Å²) in [6.45, 7) is 6.36. The van der Waals surface area contributed by atoms with Crippen LogP contribution in [0.4, 0.5) is 5.69 Å². The van der Waals surface area contributed by atoms with Crippen molar-refractivity contribution < 1.29 is 0 Å². The molecule has 0 aromatic heterocycles. The highest BCUT2D eigenvalue weighted by molar-refractivity contribution is 7.99. The summed E-state index contributed by atoms with van der Waals surface area (Å²) in [5, 5.41) is 3.47. The van der Waals surface area contributed by atoms with Crippen molar-refractivity contribution in [3.63, 3.8) is 0 Å². The third-order valence-electron chi connectivity index (χ3n) is 3.46. The summed E-state index contributed by atoms with van der Waals surface area (Å²) in [7, 11) is 0. The average molecular weight is 250 g/mol. The highest BCUT2D eigenvalue weighted by atomic mass is 32.2. The topological polar surface area (TPSA) is 38.0 Å². The van der Waals surface area contributed by atoms with E-state index in [-0.39, 0.29) is 0 Å². The van der Waals surface area contributed by atoms with Gasteiger partial charge in [-0.25, -0.2) is 0 Å². The Morgan fingerprint density at radius 3 is 2.94 bits per heavy atom. The van der Waals surface area contributed by atoms with Crippen LogP contribution in [-0.2, 0) is 6.42 Å². The molecule has 1 aliphatic rings. The van der Waals surface area contributed by atoms with E-state index in [0.29, 0.717) is 11.8 Å². The maximum atomic E-state index is 5.84. The van der Waals surface area contributed by atoms with Crippen LogP contribution >= 0.6 is 11.8 Å². The highest BCUT2D eigenvalue weighted by Crippen LogP contribution is 2.32. The molecule has 0 spiro atoms. The van der Waals surface area contributed by atoms with Gasteiger partial charge in [-0.2, -0.15) is 0 Å². The van der Waals surface area contributed by atoms with E-state index in [1.165, 1.54) is 21.9 Å². The van der Waals surface area contributed by atoms with Crippen LogP contribution in [0.3, 0.4) is 0 Å². The molecule has 0 amide bonds. The van der Waals surface area contributed by atoms with Gasteiger partial charge in [0.15, 0.2) is 0 Å². The Hall–Kier alpha value is -0.670. The first-order valence-electron chi connectivity index (χ1n) is 6.40. The molecule has 0 bridgehead atoms. The molecule has 0 radical (unpaired) electrons. The zero-order valence-corrected chi connectivity index (χ0v) is 11.5. The summed E-state index contributed by atoms with van der Waals surface area (Å²) in [6.07, 6.45) is 1.09. The number of hydrogen-bond donors (Lipinski definition) is 2. The third kappa shape index (κ3) is 3.17. The van der Waals surface area contributed by atoms with Crippen molar-refractivity contribution in [2.45, 2.75) is 25.2 Å². The Kier molecular flexibility index (Phi) is 4.35. The number of rotatable bonds is 4. The molecule has 17 heavy (non-hydrogen) atoms. The van der Waals surface area contributed by atoms with Gasteiger partial charge in [0, 0.05) is 22.9 Å². The van der Waals surface area contributed by atoms with Crippen LogP contribution in [0, 0.1) is 11.8 Å². The molecule has 0 saturated carbocycles. The molecular formula is C14H22N2S. The SMILES string of the molecule is CC(C)C(CN)Cc1ccc2c(c1)NCCS2. The van der Waals surface area contributed by atoms with Crippen LogP contribution in [0.25, 0.3) is 0 Å². The van der Waals surface area contributed by atoms with E-state index in [2.05, 4.69) is 37.4 Å². The molecule has 2 nitrogen and oxygen atoms in total. The summed E-state index contributed by atoms with van der Waals surface area (Å²) < 4.78 is 0. The molecule has 1 heterocycles. The number of benzene rings is 1. The number of nitrogens with one attached hydrogen (secondary N) is 1. The lowest BCUT2D eigenvalue weighted by molar-refractivity contribution is 0.392. The molecule has 2 rings (SSSR count). The maximum absolute atomic E-state index is 5.84. The van der Waals surface area contributed by atoms with E-state index in [1.807, 2.05) is 11.8 Å². The second kappa shape index (κ2) is 5.78. The third-order valence-corrected chi connectivity index (χ3v) is 4.54. The van der Waals surface area contributed by atoms with E-state index in [4.69, 9.17) is 5.73 Å². The second-order valence-electron chi connectivity index (χ2n) is 5.05. The van der Waals surface area contributed by atoms with Gasteiger partial charge >= 0.3 is 0 Å². The molecule has 1 aromatic rings. The fourth-order valence-electron chi connectivity index (χ4n) is 2.21. The lowest BCUT2D eigenvalue weighted by Gasteiger charge is -2.21. The van der Waals surface area contributed by atoms with Crippen molar-refractivity contribution in [3.8, 4) is 0 Å². The summed E-state index contributed by atoms with van der Waals surface area (Å²) in [6, 6.07) is 6.80. The molecular weight excluding hydrogens is 228 g/mol. The van der Waals surface area contributed by atoms with E-state index in [0.717, 1.165) is 19.5 Å². The summed E-state index contributed by atoms with van der Waals surface area (Å²) >= 11 is 1.94. The van der Waals surface area contributed by atoms with Gasteiger partial charge in [-0.1, -0.05) is 19.9 Å². The number of anilines is 1. The molecule has 1 aromatic carbocycles. The van der Waals surface area contributed by atoms with Crippen LogP contribution in [0.5, 0.6) is 0 Å². The number of fused-ring (bicyclic) bond motifs is 1. The van der Waals surface area contributed by atoms with Crippen molar-refractivity contribution in [1.82, 2.24) is 0 Å². The first-order chi connectivity index (χ1) is 8.20. The van der Waals surface area contributed by atoms with Crippen molar-refractivity contribution in [1.29, 1.82) is 0 Å². The van der Waals surface area contributed by atoms with E-state index in [9.17, 15) is 0 Å². The van der Waals surface area contributed by atoms with Gasteiger partial charge in [0.05, 0.1) is 0 Å². The molecule has 1 unspecified atom stereocenters. The lowest BCUT2D eigenvalue weighted by Crippen LogP contribution is -2.22. The second-order valence-corrected chi connectivity index (χ2v) is 6.19. The summed E-state index contributed by atoms with van der Waals surface area (Å²) in [5.41, 5.74) is 8.55. The Balaban J connectivity index is 2.11. The first kappa shape index (κ1) is 12.8. The molecule has 3 N–H and O–H groups in total. The maximum Gasteiger partial charge on any atom is 0.0481 e. The number of nitrogens with two attached hydrogens (primary N) is 1. The molecule has 1 aliphatic heterocycles. The molecule has 94 valence electrons. The van der Waals surface area contributed by atoms with Crippen LogP contribution in [0.2, 0.25) is 0 Å². The van der Waals surface area contributed by atoms with Crippen molar-refractivity contribution in [2.24, 2.45) is 17.6 Å². The van der Waals surface area contributed by atoms with Gasteiger partial charge in [-0.05, 0) is 42.5 Å². The van der Waals surface area contributed by atoms with Gasteiger partial charge in [-0.3, -0.25) is 0 Å². The molecule has 0 fully saturated rings. The van der Waals surface area contributed by atoms with Gasteiger partial charge < -0.3 is 11.1 Å². The predicted molar refractivity (Wildman–Crippen MR) is 76.7 cm³/mol. The lowest BCUT2D eigenvalue weighted by atomic mass is 9.89.